The number of fused-ring (bicyclic) bond motifs is 1. The Balaban J connectivity index is 1.15. The molecule has 0 amide bonds. The molecule has 2 atom stereocenters. The van der Waals surface area contributed by atoms with Crippen molar-refractivity contribution in [1.82, 2.24) is 9.97 Å². The second kappa shape index (κ2) is 9.68. The summed E-state index contributed by atoms with van der Waals surface area (Å²) in [5, 5.41) is 13.3. The van der Waals surface area contributed by atoms with Gasteiger partial charge in [0.15, 0.2) is 28.9 Å². The number of aliphatic imine (C=N–C) groups is 1. The molecule has 2 unspecified atom stereocenters. The van der Waals surface area contributed by atoms with Crippen molar-refractivity contribution >= 4 is 56.9 Å². The number of hydrogen-bond acceptors (Lipinski definition) is 8. The van der Waals surface area contributed by atoms with Crippen molar-refractivity contribution in [2.75, 3.05) is 35.7 Å². The lowest BCUT2D eigenvalue weighted by Crippen LogP contribution is -2.37. The molecule has 2 aromatic heterocycles. The van der Waals surface area contributed by atoms with E-state index in [1.807, 2.05) is 47.5 Å². The van der Waals surface area contributed by atoms with Gasteiger partial charge < -0.3 is 18.4 Å². The molecule has 0 radical (unpaired) electrons. The molecule has 2 aliphatic heterocycles. The Morgan fingerprint density at radius 1 is 1.33 bits per heavy atom. The molecule has 6 rings (SSSR count). The summed E-state index contributed by atoms with van der Waals surface area (Å²) in [7, 11) is -1.03. The summed E-state index contributed by atoms with van der Waals surface area (Å²) in [6.07, 6.45) is 8.15. The molecule has 190 valence electrons. The van der Waals surface area contributed by atoms with Crippen LogP contribution in [-0.4, -0.2) is 62.2 Å². The van der Waals surface area contributed by atoms with Gasteiger partial charge in [-0.2, -0.15) is 0 Å². The lowest BCUT2D eigenvalue weighted by Gasteiger charge is -2.33. The molecule has 2 aliphatic carbocycles. The summed E-state index contributed by atoms with van der Waals surface area (Å²) in [5.74, 6) is 3.36. The normalized spacial score (nSPS) is 25.1. The van der Waals surface area contributed by atoms with E-state index in [9.17, 15) is 9.32 Å². The number of hydrogen-bond donors (Lipinski definition) is 2. The minimum atomic E-state index is -1.03. The molecule has 0 aromatic carbocycles. The van der Waals surface area contributed by atoms with E-state index in [-0.39, 0.29) is 24.1 Å². The third-order valence-electron chi connectivity index (χ3n) is 7.88. The number of rotatable bonds is 7. The minimum absolute atomic E-state index is 0.0718. The molecule has 10 heteroatoms. The number of halogens is 1. The zero-order valence-electron chi connectivity index (χ0n) is 20.2. The first-order valence-corrected chi connectivity index (χ1v) is 14.8. The lowest BCUT2D eigenvalue weighted by atomic mass is 9.96. The van der Waals surface area contributed by atoms with E-state index in [4.69, 9.17) is 13.0 Å². The molecule has 0 spiro atoms. The number of piperidine rings is 1. The maximum Gasteiger partial charge on any atom is 0.199 e. The van der Waals surface area contributed by atoms with Gasteiger partial charge in [-0.1, -0.05) is 0 Å². The number of aliphatic hydroxyl groups is 1. The Kier molecular flexibility index (Phi) is 6.53. The van der Waals surface area contributed by atoms with Gasteiger partial charge in [0.2, 0.25) is 0 Å². The fourth-order valence-electron chi connectivity index (χ4n) is 5.35. The van der Waals surface area contributed by atoms with Gasteiger partial charge in [-0.15, -0.1) is 0 Å². The number of anilines is 2. The highest BCUT2D eigenvalue weighted by atomic mass is 127. The second-order valence-electron chi connectivity index (χ2n) is 10.2. The summed E-state index contributed by atoms with van der Waals surface area (Å²) in [6.45, 7) is 3.93. The Morgan fingerprint density at radius 3 is 2.75 bits per heavy atom. The molecular weight excluding hydrogens is 589 g/mol. The Hall–Kier alpha value is -2.05. The number of aliphatic hydroxyl groups excluding tert-OH is 1. The van der Waals surface area contributed by atoms with Crippen molar-refractivity contribution in [3.63, 3.8) is 0 Å². The fraction of sp³-hybridized carbons (Fsp3) is 0.500. The third kappa shape index (κ3) is 4.56. The van der Waals surface area contributed by atoms with Crippen LogP contribution in [0.1, 0.15) is 43.7 Å². The first-order valence-electron chi connectivity index (χ1n) is 12.6. The van der Waals surface area contributed by atoms with Gasteiger partial charge in [0.1, 0.15) is 17.7 Å². The third-order valence-corrected chi connectivity index (χ3v) is 9.82. The quantitative estimate of drug-likeness (QED) is 0.276. The zero-order valence-corrected chi connectivity index (χ0v) is 23.2. The van der Waals surface area contributed by atoms with Crippen LogP contribution >= 0.6 is 23.0 Å². The van der Waals surface area contributed by atoms with Crippen molar-refractivity contribution < 1.29 is 12.4 Å². The maximum absolute atomic E-state index is 12.7. The highest BCUT2D eigenvalue weighted by Crippen LogP contribution is 2.44. The summed E-state index contributed by atoms with van der Waals surface area (Å²) in [4.78, 5) is 17.2. The number of aryl methyl sites for hydroxylation is 1. The number of nitrogens with zero attached hydrogens (tertiary/aromatic N) is 4. The van der Waals surface area contributed by atoms with E-state index in [1.54, 1.807) is 0 Å². The number of aromatic nitrogens is 2. The number of nitrogens with one attached hydrogen (secondary N) is 1. The van der Waals surface area contributed by atoms with Gasteiger partial charge in [0.25, 0.3) is 0 Å². The Morgan fingerprint density at radius 2 is 2.08 bits per heavy atom. The molecular formula is C26H30IN5O3S. The van der Waals surface area contributed by atoms with E-state index < -0.39 is 10.8 Å². The van der Waals surface area contributed by atoms with Crippen molar-refractivity contribution in [2.24, 2.45) is 10.9 Å². The first kappa shape index (κ1) is 24.3. The van der Waals surface area contributed by atoms with Crippen molar-refractivity contribution in [3.05, 3.63) is 47.3 Å². The van der Waals surface area contributed by atoms with Crippen LogP contribution in [-0.2, 0) is 20.3 Å². The van der Waals surface area contributed by atoms with E-state index >= 15 is 0 Å². The van der Waals surface area contributed by atoms with Crippen LogP contribution in [0.2, 0.25) is 0 Å². The topological polar surface area (TPSA) is 99.9 Å². The summed E-state index contributed by atoms with van der Waals surface area (Å²) in [5.41, 5.74) is 4.57. The molecule has 1 saturated heterocycles. The van der Waals surface area contributed by atoms with Crippen molar-refractivity contribution in [3.8, 4) is 0 Å². The van der Waals surface area contributed by atoms with Gasteiger partial charge in [-0.05, 0) is 79.5 Å². The van der Waals surface area contributed by atoms with Gasteiger partial charge in [-0.25, -0.2) is 9.98 Å². The number of pyridine rings is 2. The average Bonchev–Trinajstić information content (AvgIpc) is 3.79. The van der Waals surface area contributed by atoms with Gasteiger partial charge >= 0.3 is 0 Å². The lowest BCUT2D eigenvalue weighted by molar-refractivity contribution is 0.265. The average molecular weight is 620 g/mol. The predicted molar refractivity (Wildman–Crippen MR) is 150 cm³/mol. The molecule has 0 bridgehead atoms. The Labute approximate surface area is 227 Å². The van der Waals surface area contributed by atoms with Crippen LogP contribution in [0.5, 0.6) is 0 Å². The van der Waals surface area contributed by atoms with E-state index in [2.05, 4.69) is 28.2 Å². The zero-order chi connectivity index (χ0) is 24.9. The van der Waals surface area contributed by atoms with Crippen LogP contribution in [0.25, 0.3) is 5.57 Å². The second-order valence-corrected chi connectivity index (χ2v) is 12.2. The van der Waals surface area contributed by atoms with E-state index in [0.717, 1.165) is 67.4 Å². The molecule has 2 fully saturated rings. The van der Waals surface area contributed by atoms with Crippen LogP contribution in [0.15, 0.2) is 46.1 Å². The molecule has 36 heavy (non-hydrogen) atoms. The molecule has 4 aliphatic rings. The molecule has 8 nitrogen and oxygen atoms in total. The smallest absolute Gasteiger partial charge is 0.199 e. The van der Waals surface area contributed by atoms with Crippen LogP contribution in [0, 0.1) is 5.92 Å². The van der Waals surface area contributed by atoms with Crippen molar-refractivity contribution in [2.45, 2.75) is 55.5 Å². The largest absolute Gasteiger partial charge is 0.412 e. The maximum atomic E-state index is 12.7. The highest BCUT2D eigenvalue weighted by molar-refractivity contribution is 14.1. The standard InChI is InChI=1S/C26H30IN5O3S/c1-16-21(17-2-9-28-10-3-17)22(16)30-25(35-27)18-4-11-32(12-5-18)20-14-19-6-13-36(34)23(19)24(29-20)31-26(15-33)7-8-26/h2-3,9-10,14,18,22,33H,4-8,11-13,15H2,1H3,(H,29,31). The van der Waals surface area contributed by atoms with Crippen LogP contribution in [0.4, 0.5) is 11.6 Å². The minimum Gasteiger partial charge on any atom is -0.412 e. The summed E-state index contributed by atoms with van der Waals surface area (Å²) in [6, 6.07) is 6.28. The first-order chi connectivity index (χ1) is 17.5. The van der Waals surface area contributed by atoms with Gasteiger partial charge in [-0.3, -0.25) is 9.19 Å². The monoisotopic (exact) mass is 619 g/mol. The van der Waals surface area contributed by atoms with Crippen molar-refractivity contribution in [1.29, 1.82) is 0 Å². The van der Waals surface area contributed by atoms with Gasteiger partial charge in [0, 0.05) is 37.2 Å². The van der Waals surface area contributed by atoms with E-state index in [1.165, 1.54) is 16.7 Å². The summed E-state index contributed by atoms with van der Waals surface area (Å²) >= 11 is 1.96. The predicted octanol–water partition coefficient (Wildman–Crippen LogP) is 3.91. The molecule has 1 saturated carbocycles. The summed E-state index contributed by atoms with van der Waals surface area (Å²) < 4.78 is 18.4. The Bertz CT molecular complexity index is 1260. The molecule has 2 aromatic rings. The molecule has 4 heterocycles. The highest BCUT2D eigenvalue weighted by Gasteiger charge is 2.44. The van der Waals surface area contributed by atoms with Crippen LogP contribution in [0.3, 0.4) is 0 Å². The fourth-order valence-corrected chi connectivity index (χ4v) is 7.20. The van der Waals surface area contributed by atoms with Crippen LogP contribution < -0.4 is 10.2 Å². The van der Waals surface area contributed by atoms with Gasteiger partial charge in [0.05, 0.1) is 27.8 Å². The SMILES string of the molecule is CC1=C(c2ccncc2)C1N=C(OI)C1CCN(c2cc3c(c(NC4(CO)CC4)n2)S(=O)CC3)CC1. The molecule has 2 N–H and O–H groups in total. The van der Waals surface area contributed by atoms with E-state index in [0.29, 0.717) is 11.6 Å².